The van der Waals surface area contributed by atoms with Crippen LogP contribution in [0.3, 0.4) is 0 Å². The Labute approximate surface area is 83.1 Å². The standard InChI is InChI=1S/C9H15N5/c10-7-6-8(11)13-9(12-7)14-4-2-1-3-5-14/h6H,1-5H2,(H4,10,11,12,13)/p+2. The molecule has 1 aromatic heterocycles. The van der Waals surface area contributed by atoms with Crippen molar-refractivity contribution in [3.05, 3.63) is 6.07 Å². The summed E-state index contributed by atoms with van der Waals surface area (Å²) in [5.41, 5.74) is 11.4. The number of nitrogens with one attached hydrogen (secondary N) is 2. The fraction of sp³-hybridized carbons (Fsp3) is 0.556. The molecule has 0 radical (unpaired) electrons. The third-order valence-electron chi connectivity index (χ3n) is 2.51. The smallest absolute Gasteiger partial charge is 0.366 e. The second-order valence-electron chi connectivity index (χ2n) is 3.70. The molecule has 6 N–H and O–H groups in total. The summed E-state index contributed by atoms with van der Waals surface area (Å²) in [6.07, 6.45) is 3.78. The summed E-state index contributed by atoms with van der Waals surface area (Å²) < 4.78 is 0. The van der Waals surface area contributed by atoms with Crippen molar-refractivity contribution in [2.45, 2.75) is 19.3 Å². The molecule has 0 unspecified atom stereocenters. The number of nitrogens with zero attached hydrogens (tertiary/aromatic N) is 1. The summed E-state index contributed by atoms with van der Waals surface area (Å²) in [4.78, 5) is 8.42. The Morgan fingerprint density at radius 1 is 1.00 bits per heavy atom. The molecule has 5 nitrogen and oxygen atoms in total. The Morgan fingerprint density at radius 2 is 1.57 bits per heavy atom. The van der Waals surface area contributed by atoms with Gasteiger partial charge in [-0.1, -0.05) is 0 Å². The molecule has 0 aromatic carbocycles. The quantitative estimate of drug-likeness (QED) is 0.632. The second-order valence-corrected chi connectivity index (χ2v) is 3.70. The van der Waals surface area contributed by atoms with Crippen molar-refractivity contribution >= 4 is 17.6 Å². The first kappa shape index (κ1) is 9.05. The molecule has 0 bridgehead atoms. The topological polar surface area (TPSA) is 83.6 Å². The maximum atomic E-state index is 5.68. The van der Waals surface area contributed by atoms with Gasteiger partial charge in [-0.2, -0.15) is 9.97 Å². The van der Waals surface area contributed by atoms with Gasteiger partial charge in [0.1, 0.15) is 0 Å². The Kier molecular flexibility index (Phi) is 2.39. The molecule has 0 amide bonds. The highest BCUT2D eigenvalue weighted by Gasteiger charge is 2.23. The number of nitrogen functional groups attached to an aromatic ring is 2. The normalized spacial score (nSPS) is 17.0. The minimum absolute atomic E-state index is 0.599. The maximum Gasteiger partial charge on any atom is 0.444 e. The van der Waals surface area contributed by atoms with Gasteiger partial charge in [0.15, 0.2) is 0 Å². The van der Waals surface area contributed by atoms with Crippen LogP contribution in [0.15, 0.2) is 6.07 Å². The Hall–Kier alpha value is -1.52. The average Bonchev–Trinajstić information content (AvgIpc) is 2.18. The van der Waals surface area contributed by atoms with E-state index in [1.165, 1.54) is 19.3 Å². The number of rotatable bonds is 1. The molecular weight excluding hydrogens is 178 g/mol. The van der Waals surface area contributed by atoms with Crippen molar-refractivity contribution in [3.63, 3.8) is 0 Å². The summed E-state index contributed by atoms with van der Waals surface area (Å²) in [6, 6.07) is 1.69. The van der Waals surface area contributed by atoms with Crippen LogP contribution < -0.4 is 26.3 Å². The highest BCUT2D eigenvalue weighted by atomic mass is 15.3. The molecule has 0 saturated carbocycles. The molecule has 5 heteroatoms. The van der Waals surface area contributed by atoms with Gasteiger partial charge in [-0.15, -0.1) is 0 Å². The van der Waals surface area contributed by atoms with E-state index in [1.807, 2.05) is 0 Å². The molecule has 1 fully saturated rings. The summed E-state index contributed by atoms with van der Waals surface area (Å²) in [7, 11) is 0. The van der Waals surface area contributed by atoms with E-state index in [4.69, 9.17) is 11.5 Å². The van der Waals surface area contributed by atoms with Crippen molar-refractivity contribution in [1.82, 2.24) is 0 Å². The zero-order valence-electron chi connectivity index (χ0n) is 8.21. The van der Waals surface area contributed by atoms with Gasteiger partial charge in [-0.3, -0.25) is 5.73 Å². The van der Waals surface area contributed by atoms with Gasteiger partial charge in [0.2, 0.25) is 5.82 Å². The van der Waals surface area contributed by atoms with Crippen LogP contribution in [0.1, 0.15) is 19.3 Å². The van der Waals surface area contributed by atoms with E-state index in [0.717, 1.165) is 19.0 Å². The number of anilines is 3. The first-order chi connectivity index (χ1) is 6.75. The van der Waals surface area contributed by atoms with Crippen LogP contribution in [-0.2, 0) is 0 Å². The molecule has 2 heterocycles. The van der Waals surface area contributed by atoms with E-state index in [-0.39, 0.29) is 0 Å². The van der Waals surface area contributed by atoms with Crippen LogP contribution in [0, 0.1) is 0 Å². The third-order valence-corrected chi connectivity index (χ3v) is 2.51. The highest BCUT2D eigenvalue weighted by Crippen LogP contribution is 2.12. The lowest BCUT2D eigenvalue weighted by molar-refractivity contribution is -0.489. The second kappa shape index (κ2) is 3.69. The van der Waals surface area contributed by atoms with E-state index in [0.29, 0.717) is 11.6 Å². The lowest BCUT2D eigenvalue weighted by atomic mass is 10.1. The van der Waals surface area contributed by atoms with Crippen LogP contribution in [0.5, 0.6) is 0 Å². The maximum absolute atomic E-state index is 5.68. The predicted octanol–water partition coefficient (Wildman–Crippen LogP) is -0.531. The molecule has 76 valence electrons. The van der Waals surface area contributed by atoms with Crippen molar-refractivity contribution in [2.75, 3.05) is 29.5 Å². The monoisotopic (exact) mass is 195 g/mol. The van der Waals surface area contributed by atoms with Crippen molar-refractivity contribution in [1.29, 1.82) is 0 Å². The zero-order valence-corrected chi connectivity index (χ0v) is 8.21. The van der Waals surface area contributed by atoms with Crippen LogP contribution >= 0.6 is 0 Å². The predicted molar refractivity (Wildman–Crippen MR) is 54.4 cm³/mol. The van der Waals surface area contributed by atoms with Crippen molar-refractivity contribution < 1.29 is 9.97 Å². The van der Waals surface area contributed by atoms with Crippen LogP contribution in [-0.4, -0.2) is 13.1 Å². The Balaban J connectivity index is 2.21. The number of H-pyrrole nitrogens is 2. The van der Waals surface area contributed by atoms with Crippen LogP contribution in [0.25, 0.3) is 0 Å². The molecular formula is C9H17N5+2. The van der Waals surface area contributed by atoms with Crippen molar-refractivity contribution in [3.8, 4) is 0 Å². The lowest BCUT2D eigenvalue weighted by Gasteiger charge is -2.18. The van der Waals surface area contributed by atoms with Gasteiger partial charge in [0, 0.05) is 0 Å². The molecule has 0 atom stereocenters. The van der Waals surface area contributed by atoms with Gasteiger partial charge >= 0.3 is 5.95 Å². The first-order valence-corrected chi connectivity index (χ1v) is 5.01. The number of aromatic amines is 2. The molecule has 1 saturated heterocycles. The molecule has 0 spiro atoms. The molecule has 1 aliphatic heterocycles. The number of piperidine rings is 1. The third kappa shape index (κ3) is 1.86. The number of aromatic nitrogens is 2. The van der Waals surface area contributed by atoms with E-state index in [9.17, 15) is 0 Å². The molecule has 2 rings (SSSR count). The summed E-state index contributed by atoms with van der Waals surface area (Å²) in [6.45, 7) is 2.13. The van der Waals surface area contributed by atoms with E-state index in [1.54, 1.807) is 6.07 Å². The van der Waals surface area contributed by atoms with Gasteiger partial charge in [-0.25, -0.2) is 4.90 Å². The van der Waals surface area contributed by atoms with E-state index >= 15 is 0 Å². The van der Waals surface area contributed by atoms with E-state index in [2.05, 4.69) is 14.9 Å². The fourth-order valence-electron chi connectivity index (χ4n) is 1.82. The number of hydrogen-bond acceptors (Lipinski definition) is 3. The van der Waals surface area contributed by atoms with Crippen LogP contribution in [0.4, 0.5) is 17.6 Å². The minimum Gasteiger partial charge on any atom is -0.366 e. The minimum atomic E-state index is 0.599. The van der Waals surface area contributed by atoms with Gasteiger partial charge in [0.05, 0.1) is 19.2 Å². The average molecular weight is 195 g/mol. The highest BCUT2D eigenvalue weighted by molar-refractivity contribution is 5.35. The van der Waals surface area contributed by atoms with Gasteiger partial charge < -0.3 is 5.73 Å². The van der Waals surface area contributed by atoms with Crippen molar-refractivity contribution in [2.24, 2.45) is 0 Å². The molecule has 1 aliphatic rings. The fourth-order valence-corrected chi connectivity index (χ4v) is 1.82. The molecule has 14 heavy (non-hydrogen) atoms. The van der Waals surface area contributed by atoms with Gasteiger partial charge in [-0.05, 0) is 19.3 Å². The zero-order chi connectivity index (χ0) is 9.97. The molecule has 1 aromatic rings. The molecule has 0 aliphatic carbocycles. The summed E-state index contributed by atoms with van der Waals surface area (Å²) >= 11 is 0. The lowest BCUT2D eigenvalue weighted by Crippen LogP contribution is -2.41. The largest absolute Gasteiger partial charge is 0.444 e. The Morgan fingerprint density at radius 3 is 2.14 bits per heavy atom. The SMILES string of the molecule is Nc1cc(N)[nH+]c(N2CCCCC2)[nH+]1. The van der Waals surface area contributed by atoms with Crippen LogP contribution in [0.2, 0.25) is 0 Å². The number of nitrogens with two attached hydrogens (primary N) is 2. The first-order valence-electron chi connectivity index (χ1n) is 5.01. The van der Waals surface area contributed by atoms with E-state index < -0.39 is 0 Å². The summed E-state index contributed by atoms with van der Waals surface area (Å²) in [5.74, 6) is 2.12. The van der Waals surface area contributed by atoms with Gasteiger partial charge in [0.25, 0.3) is 5.82 Å². The number of hydrogen-bond donors (Lipinski definition) is 2. The summed E-state index contributed by atoms with van der Waals surface area (Å²) in [5, 5.41) is 0. The Bertz CT molecular complexity index is 299.